The molecule has 1 saturated heterocycles. The molecule has 0 aliphatic carbocycles. The first kappa shape index (κ1) is 32.7. The minimum Gasteiger partial charge on any atom is -0.497 e. The van der Waals surface area contributed by atoms with Crippen LogP contribution >= 0.6 is 0 Å². The second kappa shape index (κ2) is 14.3. The Morgan fingerprint density at radius 3 is 2.47 bits per heavy atom. The molecular weight excluding hydrogens is 629 g/mol. The van der Waals surface area contributed by atoms with Gasteiger partial charge >= 0.3 is 15.0 Å². The van der Waals surface area contributed by atoms with E-state index in [0.717, 1.165) is 28.5 Å². The maximum Gasteiger partial charge on any atom is 0.393 e. The number of para-hydroxylation sites is 2. The first-order valence-electron chi connectivity index (χ1n) is 15.5. The summed E-state index contributed by atoms with van der Waals surface area (Å²) in [6, 6.07) is 16.5. The van der Waals surface area contributed by atoms with E-state index in [1.165, 1.54) is 10.7 Å². The Kier molecular flexibility index (Phi) is 9.94. The van der Waals surface area contributed by atoms with Crippen molar-refractivity contribution in [3.05, 3.63) is 71.7 Å². The fourth-order valence-electron chi connectivity index (χ4n) is 5.49. The van der Waals surface area contributed by atoms with E-state index in [2.05, 4.69) is 23.2 Å². The molecule has 0 radical (unpaired) electrons. The van der Waals surface area contributed by atoms with Crippen molar-refractivity contribution in [3.8, 4) is 5.75 Å². The molecule has 11 nitrogen and oxygen atoms in total. The van der Waals surface area contributed by atoms with Crippen LogP contribution in [0.4, 0.5) is 25.1 Å². The van der Waals surface area contributed by atoms with Crippen LogP contribution in [0.2, 0.25) is 19.1 Å². The Bertz CT molecular complexity index is 1790. The number of hydrogen-bond donors (Lipinski definition) is 0. The Balaban J connectivity index is 1.46. The maximum atomic E-state index is 13.7. The lowest BCUT2D eigenvalue weighted by Crippen LogP contribution is -2.38. The average molecular weight is 668 g/mol. The SMILES string of the molecule is COc1ccc(CN(Cc2nc3ccccc3n2COCC[Si+](C)C)c2nc(N3CCOCC3)nc3c(CC(F)(F)F)cnn23)cc1. The van der Waals surface area contributed by atoms with Crippen molar-refractivity contribution < 1.29 is 27.4 Å². The largest absolute Gasteiger partial charge is 0.497 e. The van der Waals surface area contributed by atoms with Gasteiger partial charge in [0.25, 0.3) is 0 Å². The molecule has 1 aliphatic heterocycles. The molecule has 47 heavy (non-hydrogen) atoms. The predicted molar refractivity (Wildman–Crippen MR) is 174 cm³/mol. The van der Waals surface area contributed by atoms with E-state index in [0.29, 0.717) is 63.8 Å². The first-order valence-corrected chi connectivity index (χ1v) is 18.2. The molecule has 0 N–H and O–H groups in total. The summed E-state index contributed by atoms with van der Waals surface area (Å²) in [5, 5.41) is 4.40. The van der Waals surface area contributed by atoms with Crippen LogP contribution in [0.3, 0.4) is 0 Å². The highest BCUT2D eigenvalue weighted by atomic mass is 28.3. The van der Waals surface area contributed by atoms with Crippen LogP contribution in [0.1, 0.15) is 17.0 Å². The minimum atomic E-state index is -4.43. The molecule has 1 fully saturated rings. The lowest BCUT2D eigenvalue weighted by molar-refractivity contribution is -0.127. The second-order valence-corrected chi connectivity index (χ2v) is 14.7. The summed E-state index contributed by atoms with van der Waals surface area (Å²) in [5.41, 5.74) is 2.78. The van der Waals surface area contributed by atoms with Crippen molar-refractivity contribution in [1.29, 1.82) is 0 Å². The van der Waals surface area contributed by atoms with Crippen LogP contribution in [-0.2, 0) is 35.7 Å². The number of methoxy groups -OCH3 is 1. The molecule has 2 aromatic carbocycles. The predicted octanol–water partition coefficient (Wildman–Crippen LogP) is 5.36. The van der Waals surface area contributed by atoms with Gasteiger partial charge in [0.15, 0.2) is 5.65 Å². The summed E-state index contributed by atoms with van der Waals surface area (Å²) in [7, 11) is 1.17. The standard InChI is InChI=1S/C32H38F3N8O3Si/c1-44-25-10-8-23(9-11-25)20-41(21-28-37-26-6-4-5-7-27(26)42(28)22-46-16-17-47(2)3)31-39-30(40-12-14-45-15-13-40)38-29-24(18-32(33,34)35)19-36-43(29)31/h4-11,19H,12-18,20-22H2,1-3H3/q+1. The molecule has 6 rings (SSSR count). The number of halogens is 3. The molecule has 0 bridgehead atoms. The maximum absolute atomic E-state index is 13.7. The number of imidazole rings is 1. The van der Waals surface area contributed by atoms with Gasteiger partial charge in [0.05, 0.1) is 76.3 Å². The first-order chi connectivity index (χ1) is 22.7. The van der Waals surface area contributed by atoms with Gasteiger partial charge in [-0.15, -0.1) is 0 Å². The van der Waals surface area contributed by atoms with Crippen LogP contribution in [0.15, 0.2) is 54.7 Å². The Hall–Kier alpha value is -4.21. The zero-order valence-corrected chi connectivity index (χ0v) is 27.7. The van der Waals surface area contributed by atoms with Crippen molar-refractivity contribution >= 4 is 37.4 Å². The summed E-state index contributed by atoms with van der Waals surface area (Å²) in [5.74, 6) is 2.11. The Morgan fingerprint density at radius 1 is 0.979 bits per heavy atom. The van der Waals surface area contributed by atoms with Gasteiger partial charge in [-0.1, -0.05) is 24.3 Å². The molecule has 248 valence electrons. The van der Waals surface area contributed by atoms with Gasteiger partial charge in [-0.25, -0.2) is 4.98 Å². The van der Waals surface area contributed by atoms with Crippen LogP contribution in [0.25, 0.3) is 16.7 Å². The third kappa shape index (κ3) is 7.85. The van der Waals surface area contributed by atoms with Gasteiger partial charge in [0.2, 0.25) is 11.9 Å². The van der Waals surface area contributed by atoms with Crippen LogP contribution in [0, 0.1) is 0 Å². The molecule has 3 aromatic heterocycles. The fourth-order valence-corrected chi connectivity index (χ4v) is 6.04. The Labute approximate surface area is 272 Å². The monoisotopic (exact) mass is 667 g/mol. The van der Waals surface area contributed by atoms with Gasteiger partial charge in [-0.3, -0.25) is 0 Å². The van der Waals surface area contributed by atoms with Crippen molar-refractivity contribution in [2.75, 3.05) is 49.8 Å². The quantitative estimate of drug-likeness (QED) is 0.122. The zero-order chi connectivity index (χ0) is 33.0. The highest BCUT2D eigenvalue weighted by Crippen LogP contribution is 2.29. The third-order valence-corrected chi connectivity index (χ3v) is 9.15. The van der Waals surface area contributed by atoms with E-state index in [1.54, 1.807) is 7.11 Å². The lowest BCUT2D eigenvalue weighted by Gasteiger charge is -2.29. The zero-order valence-electron chi connectivity index (χ0n) is 26.7. The van der Waals surface area contributed by atoms with E-state index >= 15 is 0 Å². The van der Waals surface area contributed by atoms with Crippen LogP contribution in [0.5, 0.6) is 5.75 Å². The van der Waals surface area contributed by atoms with E-state index in [9.17, 15) is 13.2 Å². The number of morpholine rings is 1. The Morgan fingerprint density at radius 2 is 1.74 bits per heavy atom. The molecule has 15 heteroatoms. The van der Waals surface area contributed by atoms with Crippen LogP contribution in [-0.4, -0.2) is 84.1 Å². The fraction of sp³-hybridized carbons (Fsp3) is 0.438. The number of aromatic nitrogens is 6. The molecule has 0 unspecified atom stereocenters. The van der Waals surface area contributed by atoms with Crippen molar-refractivity contribution in [2.24, 2.45) is 0 Å². The molecule has 4 heterocycles. The van der Waals surface area contributed by atoms with E-state index in [1.807, 2.05) is 62.9 Å². The van der Waals surface area contributed by atoms with E-state index in [-0.39, 0.29) is 17.8 Å². The lowest BCUT2D eigenvalue weighted by atomic mass is 10.2. The van der Waals surface area contributed by atoms with E-state index in [4.69, 9.17) is 24.2 Å². The molecule has 5 aromatic rings. The summed E-state index contributed by atoms with van der Waals surface area (Å²) in [6.45, 7) is 8.07. The number of rotatable bonds is 13. The summed E-state index contributed by atoms with van der Waals surface area (Å²) in [6.07, 6.45) is -4.35. The van der Waals surface area contributed by atoms with Crippen LogP contribution < -0.4 is 14.5 Å². The second-order valence-electron chi connectivity index (χ2n) is 11.8. The number of anilines is 2. The third-order valence-electron chi connectivity index (χ3n) is 7.95. The van der Waals surface area contributed by atoms with Gasteiger partial charge in [-0.05, 0) is 29.8 Å². The summed E-state index contributed by atoms with van der Waals surface area (Å²) in [4.78, 5) is 18.5. The highest BCUT2D eigenvalue weighted by Gasteiger charge is 2.31. The summed E-state index contributed by atoms with van der Waals surface area (Å²) >= 11 is 0. The van der Waals surface area contributed by atoms with Gasteiger partial charge < -0.3 is 28.6 Å². The number of fused-ring (bicyclic) bond motifs is 2. The molecule has 0 atom stereocenters. The minimum absolute atomic E-state index is 0.0200. The highest BCUT2D eigenvalue weighted by molar-refractivity contribution is 6.55. The van der Waals surface area contributed by atoms with Crippen molar-refractivity contribution in [1.82, 2.24) is 29.1 Å². The van der Waals surface area contributed by atoms with Crippen molar-refractivity contribution in [3.63, 3.8) is 0 Å². The topological polar surface area (TPSA) is 95.1 Å². The van der Waals surface area contributed by atoms with E-state index < -0.39 is 21.4 Å². The molecule has 0 spiro atoms. The summed E-state index contributed by atoms with van der Waals surface area (Å²) < 4.78 is 61.5. The van der Waals surface area contributed by atoms with Gasteiger partial charge in [0.1, 0.15) is 18.3 Å². The number of benzene rings is 2. The molecular formula is C32H38F3N8O3Si+. The number of alkyl halides is 3. The smallest absolute Gasteiger partial charge is 0.393 e. The van der Waals surface area contributed by atoms with Gasteiger partial charge in [-0.2, -0.15) is 32.8 Å². The van der Waals surface area contributed by atoms with Crippen molar-refractivity contribution in [2.45, 2.75) is 51.6 Å². The molecule has 1 aliphatic rings. The van der Waals surface area contributed by atoms with Gasteiger partial charge in [0, 0.05) is 25.2 Å². The number of hydrogen-bond acceptors (Lipinski definition) is 9. The average Bonchev–Trinajstić information content (AvgIpc) is 3.62. The molecule has 0 saturated carbocycles. The number of ether oxygens (including phenoxy) is 3. The normalized spacial score (nSPS) is 13.9. The molecule has 0 amide bonds. The number of nitrogens with zero attached hydrogens (tertiary/aromatic N) is 8.